The van der Waals surface area contributed by atoms with Crippen molar-refractivity contribution in [3.8, 4) is 11.3 Å². The molecule has 0 radical (unpaired) electrons. The second kappa shape index (κ2) is 6.46. The largest absolute Gasteiger partial charge is 0.316 e. The first kappa shape index (κ1) is 15.0. The van der Waals surface area contributed by atoms with Crippen molar-refractivity contribution in [2.75, 3.05) is 5.32 Å². The maximum absolute atomic E-state index is 5.83. The normalized spacial score (nSPS) is 10.9. The van der Waals surface area contributed by atoms with E-state index in [2.05, 4.69) is 33.5 Å². The number of anilines is 2. The van der Waals surface area contributed by atoms with E-state index in [1.165, 1.54) is 0 Å². The second-order valence-electron chi connectivity index (χ2n) is 4.92. The summed E-state index contributed by atoms with van der Waals surface area (Å²) in [6, 6.07) is 3.62. The SMILES string of the molecule is CCCn1cc(-c2csc(Nc3ccc(Cl)cn3)n2)c(C)n1. The predicted octanol–water partition coefficient (Wildman–Crippen LogP) is 4.52. The highest BCUT2D eigenvalue weighted by molar-refractivity contribution is 7.14. The molecule has 3 heterocycles. The molecule has 0 aliphatic carbocycles. The van der Waals surface area contributed by atoms with E-state index in [4.69, 9.17) is 11.6 Å². The van der Waals surface area contributed by atoms with E-state index >= 15 is 0 Å². The molecule has 1 N–H and O–H groups in total. The molecule has 0 aliphatic rings. The summed E-state index contributed by atoms with van der Waals surface area (Å²) in [6.07, 6.45) is 4.72. The molecule has 0 bridgehead atoms. The van der Waals surface area contributed by atoms with Crippen molar-refractivity contribution >= 4 is 33.9 Å². The summed E-state index contributed by atoms with van der Waals surface area (Å²) in [6.45, 7) is 5.07. The first-order valence-electron chi connectivity index (χ1n) is 7.04. The zero-order valence-corrected chi connectivity index (χ0v) is 13.9. The van der Waals surface area contributed by atoms with Crippen LogP contribution in [0, 0.1) is 6.92 Å². The number of nitrogens with one attached hydrogen (secondary N) is 1. The Kier molecular flexibility index (Phi) is 4.40. The number of halogens is 1. The van der Waals surface area contributed by atoms with Crippen LogP contribution in [0.25, 0.3) is 11.3 Å². The first-order valence-corrected chi connectivity index (χ1v) is 8.30. The smallest absolute Gasteiger partial charge is 0.188 e. The highest BCUT2D eigenvalue weighted by Gasteiger charge is 2.11. The lowest BCUT2D eigenvalue weighted by Gasteiger charge is -2.00. The van der Waals surface area contributed by atoms with Gasteiger partial charge >= 0.3 is 0 Å². The van der Waals surface area contributed by atoms with Crippen LogP contribution < -0.4 is 5.32 Å². The van der Waals surface area contributed by atoms with Crippen LogP contribution in [0.1, 0.15) is 19.0 Å². The van der Waals surface area contributed by atoms with Gasteiger partial charge < -0.3 is 5.32 Å². The highest BCUT2D eigenvalue weighted by Crippen LogP contribution is 2.28. The van der Waals surface area contributed by atoms with Crippen LogP contribution in [0.3, 0.4) is 0 Å². The van der Waals surface area contributed by atoms with Crippen LogP contribution >= 0.6 is 22.9 Å². The van der Waals surface area contributed by atoms with Gasteiger partial charge in [-0.25, -0.2) is 9.97 Å². The fraction of sp³-hybridized carbons (Fsp3) is 0.267. The third-order valence-electron chi connectivity index (χ3n) is 3.14. The molecule has 0 saturated carbocycles. The van der Waals surface area contributed by atoms with Crippen LogP contribution in [-0.4, -0.2) is 19.7 Å². The third-order valence-corrected chi connectivity index (χ3v) is 4.12. The number of thiazole rings is 1. The van der Waals surface area contributed by atoms with Crippen LogP contribution in [0.2, 0.25) is 5.02 Å². The molecule has 22 heavy (non-hydrogen) atoms. The molecule has 0 fully saturated rings. The summed E-state index contributed by atoms with van der Waals surface area (Å²) in [5.74, 6) is 0.726. The number of hydrogen-bond donors (Lipinski definition) is 1. The molecule has 0 aliphatic heterocycles. The van der Waals surface area contributed by atoms with E-state index in [-0.39, 0.29) is 0 Å². The summed E-state index contributed by atoms with van der Waals surface area (Å²) in [5.41, 5.74) is 3.00. The van der Waals surface area contributed by atoms with Crippen LogP contribution in [0.15, 0.2) is 29.9 Å². The van der Waals surface area contributed by atoms with E-state index in [0.717, 1.165) is 40.9 Å². The van der Waals surface area contributed by atoms with Crippen LogP contribution in [0.4, 0.5) is 10.9 Å². The van der Waals surface area contributed by atoms with Gasteiger partial charge in [0.2, 0.25) is 0 Å². The maximum atomic E-state index is 5.83. The zero-order chi connectivity index (χ0) is 15.5. The van der Waals surface area contributed by atoms with Crippen molar-refractivity contribution in [3.05, 3.63) is 40.6 Å². The second-order valence-corrected chi connectivity index (χ2v) is 6.21. The summed E-state index contributed by atoms with van der Waals surface area (Å²) < 4.78 is 1.97. The van der Waals surface area contributed by atoms with Gasteiger partial charge in [0.15, 0.2) is 5.13 Å². The summed E-state index contributed by atoms with van der Waals surface area (Å²) in [7, 11) is 0. The lowest BCUT2D eigenvalue weighted by atomic mass is 10.2. The van der Waals surface area contributed by atoms with Gasteiger partial charge in [0.25, 0.3) is 0 Å². The average molecular weight is 334 g/mol. The molecule has 114 valence electrons. The van der Waals surface area contributed by atoms with E-state index in [9.17, 15) is 0 Å². The molecule has 0 atom stereocenters. The van der Waals surface area contributed by atoms with Gasteiger partial charge in [-0.2, -0.15) is 5.10 Å². The van der Waals surface area contributed by atoms with Crippen molar-refractivity contribution in [2.24, 2.45) is 0 Å². The van der Waals surface area contributed by atoms with Crippen molar-refractivity contribution in [3.63, 3.8) is 0 Å². The molecule has 5 nitrogen and oxygen atoms in total. The topological polar surface area (TPSA) is 55.6 Å². The van der Waals surface area contributed by atoms with Gasteiger partial charge in [-0.15, -0.1) is 11.3 Å². The van der Waals surface area contributed by atoms with Gasteiger partial charge in [0.1, 0.15) is 5.82 Å². The zero-order valence-electron chi connectivity index (χ0n) is 12.4. The number of rotatable bonds is 5. The summed E-state index contributed by atoms with van der Waals surface area (Å²) in [5, 5.41) is 11.1. The van der Waals surface area contributed by atoms with Gasteiger partial charge in [-0.1, -0.05) is 18.5 Å². The lowest BCUT2D eigenvalue weighted by molar-refractivity contribution is 0.598. The van der Waals surface area contributed by atoms with E-state index in [0.29, 0.717) is 5.02 Å². The molecule has 0 spiro atoms. The fourth-order valence-electron chi connectivity index (χ4n) is 2.13. The summed E-state index contributed by atoms with van der Waals surface area (Å²) in [4.78, 5) is 8.82. The Morgan fingerprint density at radius 2 is 2.23 bits per heavy atom. The van der Waals surface area contributed by atoms with Crippen molar-refractivity contribution in [2.45, 2.75) is 26.8 Å². The Bertz CT molecular complexity index is 763. The van der Waals surface area contributed by atoms with Gasteiger partial charge in [0, 0.05) is 29.9 Å². The molecule has 0 saturated heterocycles. The number of pyridine rings is 1. The molecule has 7 heteroatoms. The molecule has 0 unspecified atom stereocenters. The molecule has 0 amide bonds. The van der Waals surface area contributed by atoms with E-state index in [1.807, 2.05) is 23.1 Å². The minimum atomic E-state index is 0.615. The van der Waals surface area contributed by atoms with Crippen LogP contribution in [-0.2, 0) is 6.54 Å². The molecule has 0 aromatic carbocycles. The van der Waals surface area contributed by atoms with Crippen molar-refractivity contribution < 1.29 is 0 Å². The molecular formula is C15H16ClN5S. The Morgan fingerprint density at radius 1 is 1.36 bits per heavy atom. The quantitative estimate of drug-likeness (QED) is 0.746. The van der Waals surface area contributed by atoms with E-state index < -0.39 is 0 Å². The minimum Gasteiger partial charge on any atom is -0.316 e. The highest BCUT2D eigenvalue weighted by atomic mass is 35.5. The van der Waals surface area contributed by atoms with Gasteiger partial charge in [0.05, 0.1) is 16.4 Å². The Balaban J connectivity index is 1.80. The van der Waals surface area contributed by atoms with Crippen LogP contribution in [0.5, 0.6) is 0 Å². The Morgan fingerprint density at radius 3 is 2.95 bits per heavy atom. The average Bonchev–Trinajstić information content (AvgIpc) is 3.09. The standard InChI is InChI=1S/C15H16ClN5S/c1-3-6-21-8-12(10(2)20-21)13-9-22-15(18-13)19-14-5-4-11(16)7-17-14/h4-5,7-9H,3,6H2,1-2H3,(H,17,18,19). The monoisotopic (exact) mass is 333 g/mol. The van der Waals surface area contributed by atoms with Crippen molar-refractivity contribution in [1.29, 1.82) is 0 Å². The summed E-state index contributed by atoms with van der Waals surface area (Å²) >= 11 is 7.37. The maximum Gasteiger partial charge on any atom is 0.188 e. The third kappa shape index (κ3) is 3.28. The molecular weight excluding hydrogens is 318 g/mol. The molecule has 3 rings (SSSR count). The Hall–Kier alpha value is -1.92. The molecule has 3 aromatic heterocycles. The Labute approximate surface area is 138 Å². The van der Waals surface area contributed by atoms with Gasteiger partial charge in [-0.3, -0.25) is 4.68 Å². The van der Waals surface area contributed by atoms with E-state index in [1.54, 1.807) is 23.6 Å². The predicted molar refractivity (Wildman–Crippen MR) is 90.9 cm³/mol. The first-order chi connectivity index (χ1) is 10.7. The lowest BCUT2D eigenvalue weighted by Crippen LogP contribution is -1.96. The van der Waals surface area contributed by atoms with Gasteiger partial charge in [-0.05, 0) is 25.5 Å². The number of nitrogens with zero attached hydrogens (tertiary/aromatic N) is 4. The molecule has 3 aromatic rings. The fourth-order valence-corrected chi connectivity index (χ4v) is 2.96. The number of hydrogen-bond acceptors (Lipinski definition) is 5. The van der Waals surface area contributed by atoms with Crippen molar-refractivity contribution in [1.82, 2.24) is 19.7 Å². The number of aromatic nitrogens is 4. The minimum absolute atomic E-state index is 0.615. The number of aryl methyl sites for hydroxylation is 2.